The minimum absolute atomic E-state index is 0.555. The minimum atomic E-state index is 0.555. The van der Waals surface area contributed by atoms with Crippen LogP contribution in [-0.4, -0.2) is 5.78 Å². The molecule has 0 aromatic rings. The number of carbonyl (C=O) groups is 1. The van der Waals surface area contributed by atoms with E-state index in [0.717, 1.165) is 42.4 Å². The van der Waals surface area contributed by atoms with Crippen molar-refractivity contribution in [2.45, 2.75) is 90.4 Å². The van der Waals surface area contributed by atoms with Crippen molar-refractivity contribution in [2.24, 2.45) is 29.6 Å². The predicted molar refractivity (Wildman–Crippen MR) is 88.2 cm³/mol. The normalized spacial score (nSPS) is 39.7. The third kappa shape index (κ3) is 3.71. The molecule has 0 aliphatic heterocycles. The second-order valence-corrected chi connectivity index (χ2v) is 8.24. The van der Waals surface area contributed by atoms with Gasteiger partial charge in [-0.05, 0) is 61.7 Å². The molecule has 3 aliphatic carbocycles. The zero-order valence-electron chi connectivity index (χ0n) is 14.0. The number of unbranched alkanes of at least 4 members (excludes halogenated alkanes) is 3. The van der Waals surface area contributed by atoms with E-state index in [1.165, 1.54) is 70.6 Å². The van der Waals surface area contributed by atoms with Crippen molar-refractivity contribution in [1.29, 1.82) is 0 Å². The Morgan fingerprint density at radius 3 is 2.57 bits per heavy atom. The number of rotatable bonds is 5. The summed E-state index contributed by atoms with van der Waals surface area (Å²) in [5, 5.41) is 0. The molecule has 0 aromatic heterocycles. The van der Waals surface area contributed by atoms with Crippen molar-refractivity contribution >= 4 is 5.78 Å². The lowest BCUT2D eigenvalue weighted by atomic mass is 9.56. The molecule has 1 nitrogen and oxygen atoms in total. The number of fused-ring (bicyclic) bond motifs is 3. The molecule has 3 fully saturated rings. The zero-order valence-corrected chi connectivity index (χ0v) is 14.0. The predicted octanol–water partition coefficient (Wildman–Crippen LogP) is 5.77. The zero-order chi connectivity index (χ0) is 14.7. The van der Waals surface area contributed by atoms with Crippen molar-refractivity contribution < 1.29 is 4.79 Å². The Bertz CT molecular complexity index is 348. The second-order valence-electron chi connectivity index (χ2n) is 8.24. The van der Waals surface area contributed by atoms with Crippen molar-refractivity contribution in [3.63, 3.8) is 0 Å². The van der Waals surface area contributed by atoms with Gasteiger partial charge in [0.2, 0.25) is 0 Å². The fourth-order valence-electron chi connectivity index (χ4n) is 5.82. The summed E-state index contributed by atoms with van der Waals surface area (Å²) in [4.78, 5) is 11.7. The molecule has 0 aromatic carbocycles. The molecule has 0 saturated heterocycles. The molecule has 0 amide bonds. The van der Waals surface area contributed by atoms with E-state index in [2.05, 4.69) is 6.92 Å². The first-order valence-corrected chi connectivity index (χ1v) is 9.79. The van der Waals surface area contributed by atoms with Crippen LogP contribution in [0.3, 0.4) is 0 Å². The van der Waals surface area contributed by atoms with E-state index in [-0.39, 0.29) is 0 Å². The summed E-state index contributed by atoms with van der Waals surface area (Å²) in [6.07, 6.45) is 17.5. The summed E-state index contributed by atoms with van der Waals surface area (Å²) in [7, 11) is 0. The quantitative estimate of drug-likeness (QED) is 0.587. The van der Waals surface area contributed by atoms with Crippen LogP contribution in [0, 0.1) is 29.6 Å². The van der Waals surface area contributed by atoms with Gasteiger partial charge in [-0.2, -0.15) is 0 Å². The smallest absolute Gasteiger partial charge is 0.133 e. The van der Waals surface area contributed by atoms with Crippen LogP contribution < -0.4 is 0 Å². The Morgan fingerprint density at radius 1 is 0.905 bits per heavy atom. The number of hydrogen-bond acceptors (Lipinski definition) is 1. The Hall–Kier alpha value is -0.330. The highest BCUT2D eigenvalue weighted by atomic mass is 16.1. The maximum absolute atomic E-state index is 11.7. The molecular weight excluding hydrogens is 256 g/mol. The molecule has 0 radical (unpaired) electrons. The van der Waals surface area contributed by atoms with Gasteiger partial charge in [-0.15, -0.1) is 0 Å². The van der Waals surface area contributed by atoms with Gasteiger partial charge in [-0.25, -0.2) is 0 Å². The van der Waals surface area contributed by atoms with Crippen LogP contribution in [0.5, 0.6) is 0 Å². The van der Waals surface area contributed by atoms with Crippen molar-refractivity contribution in [3.8, 4) is 0 Å². The molecular formula is C20H34O. The SMILES string of the molecule is CCCCCC[C@H]1CCC2C(CCC3CC(=O)CCC32)C1. The highest BCUT2D eigenvalue weighted by Crippen LogP contribution is 2.52. The topological polar surface area (TPSA) is 17.1 Å². The van der Waals surface area contributed by atoms with Crippen LogP contribution in [0.4, 0.5) is 0 Å². The molecule has 3 aliphatic rings. The van der Waals surface area contributed by atoms with Gasteiger partial charge in [-0.1, -0.05) is 45.4 Å². The number of hydrogen-bond donors (Lipinski definition) is 0. The van der Waals surface area contributed by atoms with E-state index in [1.54, 1.807) is 0 Å². The van der Waals surface area contributed by atoms with Gasteiger partial charge >= 0.3 is 0 Å². The molecule has 0 heterocycles. The first kappa shape index (κ1) is 15.6. The number of ketones is 1. The number of carbonyl (C=O) groups excluding carboxylic acids is 1. The van der Waals surface area contributed by atoms with Crippen LogP contribution in [0.25, 0.3) is 0 Å². The number of Topliss-reactive ketones (excluding diaryl/α,β-unsaturated/α-hetero) is 1. The summed E-state index contributed by atoms with van der Waals surface area (Å²) in [6, 6.07) is 0. The fraction of sp³-hybridized carbons (Fsp3) is 0.950. The van der Waals surface area contributed by atoms with E-state index < -0.39 is 0 Å². The fourth-order valence-corrected chi connectivity index (χ4v) is 5.82. The third-order valence-corrected chi connectivity index (χ3v) is 6.93. The largest absolute Gasteiger partial charge is 0.300 e. The standard InChI is InChI=1S/C20H34O/c1-2-3-4-5-6-15-7-11-19-16(13-15)8-9-17-14-18(21)10-12-20(17)19/h15-17,19-20H,2-14H2,1H3/t15-,16?,17?,19?,20?/m0/s1. The Kier molecular flexibility index (Phi) is 5.40. The van der Waals surface area contributed by atoms with Gasteiger partial charge in [-0.3, -0.25) is 4.79 Å². The lowest BCUT2D eigenvalue weighted by molar-refractivity contribution is -0.125. The van der Waals surface area contributed by atoms with E-state index in [4.69, 9.17) is 0 Å². The highest BCUT2D eigenvalue weighted by molar-refractivity contribution is 5.79. The molecule has 0 N–H and O–H groups in total. The summed E-state index contributed by atoms with van der Waals surface area (Å²) in [5.41, 5.74) is 0. The lowest BCUT2D eigenvalue weighted by Gasteiger charge is -2.49. The Balaban J connectivity index is 1.48. The maximum atomic E-state index is 11.7. The first-order valence-electron chi connectivity index (χ1n) is 9.79. The van der Waals surface area contributed by atoms with E-state index in [9.17, 15) is 4.79 Å². The van der Waals surface area contributed by atoms with Gasteiger partial charge in [0, 0.05) is 12.8 Å². The molecule has 5 atom stereocenters. The molecule has 3 saturated carbocycles. The van der Waals surface area contributed by atoms with Crippen molar-refractivity contribution in [1.82, 2.24) is 0 Å². The molecule has 4 unspecified atom stereocenters. The summed E-state index contributed by atoms with van der Waals surface area (Å²) < 4.78 is 0. The van der Waals surface area contributed by atoms with E-state index in [1.807, 2.05) is 0 Å². The highest BCUT2D eigenvalue weighted by Gasteiger charge is 2.44. The Morgan fingerprint density at radius 2 is 1.71 bits per heavy atom. The Labute approximate surface area is 131 Å². The molecule has 21 heavy (non-hydrogen) atoms. The molecule has 120 valence electrons. The average Bonchev–Trinajstić information content (AvgIpc) is 2.51. The van der Waals surface area contributed by atoms with Crippen molar-refractivity contribution in [3.05, 3.63) is 0 Å². The molecule has 0 spiro atoms. The third-order valence-electron chi connectivity index (χ3n) is 6.93. The molecule has 0 bridgehead atoms. The van der Waals surface area contributed by atoms with Crippen LogP contribution in [-0.2, 0) is 4.79 Å². The molecule has 1 heteroatoms. The molecule has 3 rings (SSSR count). The lowest BCUT2D eigenvalue weighted by Crippen LogP contribution is -2.41. The second kappa shape index (κ2) is 7.29. The van der Waals surface area contributed by atoms with Crippen LogP contribution in [0.1, 0.15) is 90.4 Å². The van der Waals surface area contributed by atoms with Gasteiger partial charge in [0.05, 0.1) is 0 Å². The van der Waals surface area contributed by atoms with Gasteiger partial charge < -0.3 is 0 Å². The first-order chi connectivity index (χ1) is 10.3. The van der Waals surface area contributed by atoms with E-state index in [0.29, 0.717) is 5.78 Å². The summed E-state index contributed by atoms with van der Waals surface area (Å²) >= 11 is 0. The van der Waals surface area contributed by atoms with Crippen LogP contribution in [0.15, 0.2) is 0 Å². The summed E-state index contributed by atoms with van der Waals surface area (Å²) in [5.74, 6) is 5.29. The van der Waals surface area contributed by atoms with Crippen molar-refractivity contribution in [2.75, 3.05) is 0 Å². The maximum Gasteiger partial charge on any atom is 0.133 e. The van der Waals surface area contributed by atoms with Crippen LogP contribution >= 0.6 is 0 Å². The van der Waals surface area contributed by atoms with Crippen LogP contribution in [0.2, 0.25) is 0 Å². The monoisotopic (exact) mass is 290 g/mol. The van der Waals surface area contributed by atoms with Gasteiger partial charge in [0.25, 0.3) is 0 Å². The minimum Gasteiger partial charge on any atom is -0.300 e. The average molecular weight is 290 g/mol. The van der Waals surface area contributed by atoms with Gasteiger partial charge in [0.15, 0.2) is 0 Å². The van der Waals surface area contributed by atoms with Gasteiger partial charge in [0.1, 0.15) is 5.78 Å². The summed E-state index contributed by atoms with van der Waals surface area (Å²) in [6.45, 7) is 2.30. The van der Waals surface area contributed by atoms with E-state index >= 15 is 0 Å².